The Morgan fingerprint density at radius 1 is 1.11 bits per heavy atom. The second kappa shape index (κ2) is 7.86. The Morgan fingerprint density at radius 2 is 1.61 bits per heavy atom. The van der Waals surface area contributed by atoms with E-state index in [0.29, 0.717) is 19.4 Å². The number of hydroxylamine groups is 2. The maximum Gasteiger partial charge on any atom is 0.299 e. The minimum Gasteiger partial charge on any atom is -0.378 e. The van der Waals surface area contributed by atoms with E-state index in [9.17, 15) is 25.4 Å². The van der Waals surface area contributed by atoms with E-state index in [-0.39, 0.29) is 35.3 Å². The Morgan fingerprint density at radius 3 is 2.07 bits per heavy atom. The van der Waals surface area contributed by atoms with Crippen LogP contribution in [0.5, 0.6) is 0 Å². The Hall–Kier alpha value is -2.50. The van der Waals surface area contributed by atoms with Gasteiger partial charge in [0.25, 0.3) is 11.4 Å². The van der Waals surface area contributed by atoms with Crippen LogP contribution >= 0.6 is 0 Å². The second-order valence-corrected chi connectivity index (χ2v) is 8.30. The normalized spacial score (nSPS) is 19.2. The lowest BCUT2D eigenvalue weighted by molar-refractivity contribution is -0.393. The van der Waals surface area contributed by atoms with Gasteiger partial charge in [0.1, 0.15) is 11.4 Å². The molecule has 0 bridgehead atoms. The minimum atomic E-state index is -0.661. The van der Waals surface area contributed by atoms with Crippen LogP contribution in [0, 0.1) is 20.2 Å². The van der Waals surface area contributed by atoms with E-state index in [1.165, 1.54) is 11.1 Å². The molecule has 1 aromatic carbocycles. The molecule has 1 aliphatic rings. The number of benzene rings is 1. The predicted molar refractivity (Wildman–Crippen MR) is 106 cm³/mol. The summed E-state index contributed by atoms with van der Waals surface area (Å²) in [6.07, 6.45) is 1.07. The van der Waals surface area contributed by atoms with Crippen molar-refractivity contribution in [1.29, 1.82) is 0 Å². The van der Waals surface area contributed by atoms with E-state index in [4.69, 9.17) is 5.73 Å². The molecule has 0 atom stereocenters. The van der Waals surface area contributed by atoms with Gasteiger partial charge in [0, 0.05) is 30.2 Å². The molecule has 0 saturated carbocycles. The largest absolute Gasteiger partial charge is 0.378 e. The lowest BCUT2D eigenvalue weighted by Gasteiger charge is -2.51. The van der Waals surface area contributed by atoms with E-state index in [1.807, 2.05) is 27.7 Å². The average molecular weight is 396 g/mol. The summed E-state index contributed by atoms with van der Waals surface area (Å²) < 4.78 is 0. The van der Waals surface area contributed by atoms with Crippen molar-refractivity contribution in [3.63, 3.8) is 0 Å². The molecular formula is C17H28N6O5. The van der Waals surface area contributed by atoms with Crippen LogP contribution in [-0.2, 0) is 0 Å². The number of nitro groups is 2. The maximum absolute atomic E-state index is 11.5. The first kappa shape index (κ1) is 21.8. The summed E-state index contributed by atoms with van der Waals surface area (Å²) >= 11 is 0. The number of nitro benzene ring substituents is 2. The quantitative estimate of drug-likeness (QED) is 0.401. The molecule has 1 fully saturated rings. The number of anilines is 2. The molecule has 1 heterocycles. The fourth-order valence-electron chi connectivity index (χ4n) is 3.94. The third-order valence-electron chi connectivity index (χ3n) is 4.97. The standard InChI is InChI=1S/C17H28N6O5/c1-16(2)9-11(10-17(3,4)23(16)28)20-13-7-12(19-6-5-18)14(21(24)25)8-15(13)22(26)27/h7-8,11,19-20,28H,5-6,9-10,18H2,1-4H3. The van der Waals surface area contributed by atoms with Crippen molar-refractivity contribution < 1.29 is 15.1 Å². The van der Waals surface area contributed by atoms with E-state index in [2.05, 4.69) is 10.6 Å². The van der Waals surface area contributed by atoms with Gasteiger partial charge < -0.3 is 21.6 Å². The lowest BCUT2D eigenvalue weighted by atomic mass is 9.79. The molecule has 0 unspecified atom stereocenters. The summed E-state index contributed by atoms with van der Waals surface area (Å²) in [5.41, 5.74) is 3.98. The van der Waals surface area contributed by atoms with Crippen LogP contribution < -0.4 is 16.4 Å². The Bertz CT molecular complexity index is 749. The highest BCUT2D eigenvalue weighted by molar-refractivity contribution is 5.77. The number of hydrogen-bond acceptors (Lipinski definition) is 9. The minimum absolute atomic E-state index is 0.168. The fourth-order valence-corrected chi connectivity index (χ4v) is 3.94. The zero-order chi connectivity index (χ0) is 21.3. The van der Waals surface area contributed by atoms with E-state index in [1.54, 1.807) is 0 Å². The molecule has 2 rings (SSSR count). The van der Waals surface area contributed by atoms with Gasteiger partial charge in [-0.15, -0.1) is 0 Å². The summed E-state index contributed by atoms with van der Waals surface area (Å²) in [4.78, 5) is 21.6. The van der Waals surface area contributed by atoms with Crippen molar-refractivity contribution in [3.05, 3.63) is 32.4 Å². The molecule has 0 aliphatic carbocycles. The van der Waals surface area contributed by atoms with Crippen LogP contribution in [0.25, 0.3) is 0 Å². The molecule has 1 aliphatic heterocycles. The van der Waals surface area contributed by atoms with Crippen LogP contribution in [-0.4, -0.2) is 50.3 Å². The molecule has 0 spiro atoms. The fraction of sp³-hybridized carbons (Fsp3) is 0.647. The average Bonchev–Trinajstić information content (AvgIpc) is 2.56. The molecule has 0 radical (unpaired) electrons. The summed E-state index contributed by atoms with van der Waals surface area (Å²) in [6, 6.07) is 2.17. The molecule has 11 heteroatoms. The Labute approximate surface area is 163 Å². The van der Waals surface area contributed by atoms with Gasteiger partial charge in [-0.25, -0.2) is 0 Å². The highest BCUT2D eigenvalue weighted by atomic mass is 16.6. The Balaban J connectivity index is 2.43. The first-order chi connectivity index (χ1) is 12.9. The van der Waals surface area contributed by atoms with Crippen molar-refractivity contribution in [2.45, 2.75) is 57.7 Å². The monoisotopic (exact) mass is 396 g/mol. The molecule has 156 valence electrons. The van der Waals surface area contributed by atoms with Gasteiger partial charge >= 0.3 is 0 Å². The smallest absolute Gasteiger partial charge is 0.299 e. The van der Waals surface area contributed by atoms with E-state index in [0.717, 1.165) is 6.07 Å². The molecule has 1 aromatic rings. The molecule has 1 saturated heterocycles. The van der Waals surface area contributed by atoms with Crippen LogP contribution in [0.1, 0.15) is 40.5 Å². The molecule has 0 aromatic heterocycles. The zero-order valence-electron chi connectivity index (χ0n) is 16.6. The highest BCUT2D eigenvalue weighted by Gasteiger charge is 2.45. The number of nitrogens with one attached hydrogen (secondary N) is 2. The predicted octanol–water partition coefficient (Wildman–Crippen LogP) is 2.70. The van der Waals surface area contributed by atoms with E-state index >= 15 is 0 Å². The van der Waals surface area contributed by atoms with Crippen LogP contribution in [0.15, 0.2) is 12.1 Å². The van der Waals surface area contributed by atoms with Gasteiger partial charge in [-0.1, -0.05) is 0 Å². The summed E-state index contributed by atoms with van der Waals surface area (Å²) in [6.45, 7) is 8.11. The third-order valence-corrected chi connectivity index (χ3v) is 4.97. The van der Waals surface area contributed by atoms with Gasteiger partial charge in [0.2, 0.25) is 0 Å². The van der Waals surface area contributed by atoms with Crippen molar-refractivity contribution >= 4 is 22.7 Å². The third kappa shape index (κ3) is 4.49. The number of hydrogen-bond donors (Lipinski definition) is 4. The van der Waals surface area contributed by atoms with Gasteiger partial charge in [-0.2, -0.15) is 5.06 Å². The first-order valence-corrected chi connectivity index (χ1v) is 9.05. The van der Waals surface area contributed by atoms with Gasteiger partial charge in [0.15, 0.2) is 0 Å². The SMILES string of the molecule is CC1(C)CC(Nc2cc(NCCN)c([N+](=O)[O-])cc2[N+](=O)[O-])CC(C)(C)N1O. The topological polar surface area (TPSA) is 160 Å². The number of nitrogens with zero attached hydrogens (tertiary/aromatic N) is 3. The molecule has 5 N–H and O–H groups in total. The summed E-state index contributed by atoms with van der Waals surface area (Å²) in [5, 5.41) is 40.6. The van der Waals surface area contributed by atoms with Gasteiger partial charge in [0.05, 0.1) is 15.9 Å². The lowest BCUT2D eigenvalue weighted by Crippen LogP contribution is -2.61. The summed E-state index contributed by atoms with van der Waals surface area (Å²) in [5.74, 6) is 0. The Kier molecular flexibility index (Phi) is 6.12. The van der Waals surface area contributed by atoms with Gasteiger partial charge in [-0.05, 0) is 46.6 Å². The zero-order valence-corrected chi connectivity index (χ0v) is 16.6. The number of piperidine rings is 1. The van der Waals surface area contributed by atoms with Crippen LogP contribution in [0.3, 0.4) is 0 Å². The molecular weight excluding hydrogens is 368 g/mol. The molecule has 11 nitrogen and oxygen atoms in total. The first-order valence-electron chi connectivity index (χ1n) is 9.05. The number of nitrogens with two attached hydrogens (primary N) is 1. The van der Waals surface area contributed by atoms with Crippen molar-refractivity contribution in [1.82, 2.24) is 5.06 Å². The second-order valence-electron chi connectivity index (χ2n) is 8.30. The summed E-state index contributed by atoms with van der Waals surface area (Å²) in [7, 11) is 0. The van der Waals surface area contributed by atoms with Crippen molar-refractivity contribution in [3.8, 4) is 0 Å². The number of rotatable bonds is 7. The van der Waals surface area contributed by atoms with Gasteiger partial charge in [-0.3, -0.25) is 20.2 Å². The van der Waals surface area contributed by atoms with Crippen LogP contribution in [0.2, 0.25) is 0 Å². The maximum atomic E-state index is 11.5. The van der Waals surface area contributed by atoms with Crippen molar-refractivity contribution in [2.24, 2.45) is 5.73 Å². The van der Waals surface area contributed by atoms with Crippen LogP contribution in [0.4, 0.5) is 22.7 Å². The molecule has 28 heavy (non-hydrogen) atoms. The van der Waals surface area contributed by atoms with Crippen molar-refractivity contribution in [2.75, 3.05) is 23.7 Å². The molecule has 0 amide bonds. The van der Waals surface area contributed by atoms with E-state index < -0.39 is 20.9 Å². The highest BCUT2D eigenvalue weighted by Crippen LogP contribution is 2.41.